The number of fused-ring (bicyclic) bond motifs is 1. The zero-order chi connectivity index (χ0) is 24.4. The SMILES string of the molecule is CC1CCN(CC2CCCN(C(=O)c3cccc(S(=O)(=O)N4CCCc5ccccc54)c3)C2)CC1. The summed E-state index contributed by atoms with van der Waals surface area (Å²) in [7, 11) is -3.74. The van der Waals surface area contributed by atoms with Gasteiger partial charge in [-0.2, -0.15) is 0 Å². The highest BCUT2D eigenvalue weighted by Gasteiger charge is 2.31. The van der Waals surface area contributed by atoms with Crippen molar-refractivity contribution >= 4 is 21.6 Å². The van der Waals surface area contributed by atoms with Gasteiger partial charge in [0.1, 0.15) is 0 Å². The Bertz CT molecular complexity index is 1160. The number of hydrogen-bond donors (Lipinski definition) is 0. The lowest BCUT2D eigenvalue weighted by molar-refractivity contribution is 0.0622. The van der Waals surface area contributed by atoms with Gasteiger partial charge in [-0.25, -0.2) is 8.42 Å². The van der Waals surface area contributed by atoms with E-state index in [0.717, 1.165) is 75.6 Å². The number of sulfonamides is 1. The lowest BCUT2D eigenvalue weighted by atomic mass is 9.94. The first-order valence-corrected chi connectivity index (χ1v) is 14.6. The van der Waals surface area contributed by atoms with Gasteiger partial charge in [-0.3, -0.25) is 9.10 Å². The van der Waals surface area contributed by atoms with E-state index < -0.39 is 10.0 Å². The van der Waals surface area contributed by atoms with Crippen molar-refractivity contribution in [2.75, 3.05) is 43.6 Å². The molecule has 0 aliphatic carbocycles. The number of aryl methyl sites for hydroxylation is 1. The molecule has 1 unspecified atom stereocenters. The number of nitrogens with zero attached hydrogens (tertiary/aromatic N) is 3. The van der Waals surface area contributed by atoms with Crippen molar-refractivity contribution in [2.45, 2.75) is 50.3 Å². The lowest BCUT2D eigenvalue weighted by Gasteiger charge is -2.38. The Labute approximate surface area is 210 Å². The van der Waals surface area contributed by atoms with E-state index in [2.05, 4.69) is 11.8 Å². The van der Waals surface area contributed by atoms with Crippen molar-refractivity contribution in [1.82, 2.24) is 9.80 Å². The van der Waals surface area contributed by atoms with Crippen LogP contribution in [-0.2, 0) is 16.4 Å². The van der Waals surface area contributed by atoms with E-state index in [0.29, 0.717) is 18.0 Å². The lowest BCUT2D eigenvalue weighted by Crippen LogP contribution is -2.45. The maximum absolute atomic E-state index is 13.6. The van der Waals surface area contributed by atoms with E-state index in [4.69, 9.17) is 0 Å². The Kier molecular flexibility index (Phi) is 7.17. The third kappa shape index (κ3) is 5.26. The molecule has 35 heavy (non-hydrogen) atoms. The Morgan fingerprint density at radius 3 is 2.57 bits per heavy atom. The molecule has 2 fully saturated rings. The van der Waals surface area contributed by atoms with Crippen molar-refractivity contribution in [3.05, 3.63) is 59.7 Å². The summed E-state index contributed by atoms with van der Waals surface area (Å²) in [5.74, 6) is 1.24. The second-order valence-corrected chi connectivity index (χ2v) is 12.4. The van der Waals surface area contributed by atoms with E-state index >= 15 is 0 Å². The average molecular weight is 496 g/mol. The predicted molar refractivity (Wildman–Crippen MR) is 139 cm³/mol. The van der Waals surface area contributed by atoms with Gasteiger partial charge in [0.25, 0.3) is 15.9 Å². The molecule has 7 heteroatoms. The van der Waals surface area contributed by atoms with Crippen molar-refractivity contribution in [3.63, 3.8) is 0 Å². The number of likely N-dealkylation sites (tertiary alicyclic amines) is 2. The number of amides is 1. The fraction of sp³-hybridized carbons (Fsp3) is 0.536. The fourth-order valence-corrected chi connectivity index (χ4v) is 7.44. The molecule has 3 heterocycles. The van der Waals surface area contributed by atoms with E-state index in [1.807, 2.05) is 29.2 Å². The first-order chi connectivity index (χ1) is 16.9. The van der Waals surface area contributed by atoms with Crippen LogP contribution in [0.15, 0.2) is 53.4 Å². The number of anilines is 1. The van der Waals surface area contributed by atoms with E-state index in [1.165, 1.54) is 17.1 Å². The van der Waals surface area contributed by atoms with Gasteiger partial charge in [0.15, 0.2) is 0 Å². The highest BCUT2D eigenvalue weighted by Crippen LogP contribution is 2.32. The maximum Gasteiger partial charge on any atom is 0.264 e. The van der Waals surface area contributed by atoms with Crippen LogP contribution in [0.25, 0.3) is 0 Å². The number of para-hydroxylation sites is 1. The summed E-state index contributed by atoms with van der Waals surface area (Å²) in [5, 5.41) is 0. The summed E-state index contributed by atoms with van der Waals surface area (Å²) in [4.78, 5) is 18.1. The molecule has 0 aromatic heterocycles. The smallest absolute Gasteiger partial charge is 0.264 e. The summed E-state index contributed by atoms with van der Waals surface area (Å²) in [6.45, 7) is 7.65. The molecular formula is C28H37N3O3S. The number of piperidine rings is 2. The molecule has 3 aliphatic rings. The minimum Gasteiger partial charge on any atom is -0.338 e. The van der Waals surface area contributed by atoms with Gasteiger partial charge in [-0.15, -0.1) is 0 Å². The van der Waals surface area contributed by atoms with Crippen LogP contribution in [0.5, 0.6) is 0 Å². The summed E-state index contributed by atoms with van der Waals surface area (Å²) in [5.41, 5.74) is 2.27. The van der Waals surface area contributed by atoms with Crippen LogP contribution in [-0.4, -0.2) is 63.4 Å². The molecule has 2 saturated heterocycles. The normalized spacial score (nSPS) is 22.1. The molecule has 188 valence electrons. The highest BCUT2D eigenvalue weighted by molar-refractivity contribution is 7.92. The van der Waals surface area contributed by atoms with Gasteiger partial charge in [0.2, 0.25) is 0 Å². The van der Waals surface area contributed by atoms with Gasteiger partial charge in [0, 0.05) is 31.7 Å². The molecule has 5 rings (SSSR count). The van der Waals surface area contributed by atoms with E-state index in [1.54, 1.807) is 24.3 Å². The number of carbonyl (C=O) groups excluding carboxylic acids is 1. The molecular weight excluding hydrogens is 458 g/mol. The van der Waals surface area contributed by atoms with Crippen LogP contribution in [0.4, 0.5) is 5.69 Å². The number of carbonyl (C=O) groups is 1. The summed E-state index contributed by atoms with van der Waals surface area (Å²) < 4.78 is 28.7. The molecule has 0 bridgehead atoms. The van der Waals surface area contributed by atoms with Gasteiger partial charge in [-0.1, -0.05) is 31.2 Å². The standard InChI is InChI=1S/C28H37N3O3S/c1-22-13-17-29(18-14-22)20-23-7-5-15-30(21-23)28(32)25-9-4-11-26(19-25)35(33,34)31-16-6-10-24-8-2-3-12-27(24)31/h2-4,8-9,11-12,19,22-23H,5-7,10,13-18,20-21H2,1H3. The molecule has 2 aromatic rings. The van der Waals surface area contributed by atoms with Crippen molar-refractivity contribution in [1.29, 1.82) is 0 Å². The Hall–Kier alpha value is -2.38. The Morgan fingerprint density at radius 1 is 0.943 bits per heavy atom. The van der Waals surface area contributed by atoms with Crippen LogP contribution in [0.2, 0.25) is 0 Å². The monoisotopic (exact) mass is 495 g/mol. The van der Waals surface area contributed by atoms with Crippen LogP contribution >= 0.6 is 0 Å². The van der Waals surface area contributed by atoms with Crippen LogP contribution < -0.4 is 4.31 Å². The maximum atomic E-state index is 13.6. The Morgan fingerprint density at radius 2 is 1.74 bits per heavy atom. The second-order valence-electron chi connectivity index (χ2n) is 10.6. The van der Waals surface area contributed by atoms with E-state index in [-0.39, 0.29) is 10.8 Å². The highest BCUT2D eigenvalue weighted by atomic mass is 32.2. The molecule has 3 aliphatic heterocycles. The molecule has 1 atom stereocenters. The molecule has 1 amide bonds. The largest absolute Gasteiger partial charge is 0.338 e. The minimum absolute atomic E-state index is 0.0574. The first kappa shape index (κ1) is 24.3. The number of benzene rings is 2. The summed E-state index contributed by atoms with van der Waals surface area (Å²) in [6, 6.07) is 14.3. The number of hydrogen-bond acceptors (Lipinski definition) is 4. The average Bonchev–Trinajstić information content (AvgIpc) is 2.89. The predicted octanol–water partition coefficient (Wildman–Crippen LogP) is 4.41. The zero-order valence-electron chi connectivity index (χ0n) is 20.7. The van der Waals surface area contributed by atoms with Gasteiger partial charge < -0.3 is 9.80 Å². The number of rotatable bonds is 5. The first-order valence-electron chi connectivity index (χ1n) is 13.1. The molecule has 0 radical (unpaired) electrons. The van der Waals surface area contributed by atoms with Crippen LogP contribution in [0.1, 0.15) is 54.9 Å². The van der Waals surface area contributed by atoms with Crippen LogP contribution in [0.3, 0.4) is 0 Å². The van der Waals surface area contributed by atoms with E-state index in [9.17, 15) is 13.2 Å². The quantitative estimate of drug-likeness (QED) is 0.616. The third-order valence-electron chi connectivity index (χ3n) is 7.94. The van der Waals surface area contributed by atoms with Crippen LogP contribution in [0, 0.1) is 11.8 Å². The van der Waals surface area contributed by atoms with Gasteiger partial charge >= 0.3 is 0 Å². The molecule has 0 N–H and O–H groups in total. The molecule has 6 nitrogen and oxygen atoms in total. The summed E-state index contributed by atoms with van der Waals surface area (Å²) in [6.07, 6.45) is 6.35. The summed E-state index contributed by atoms with van der Waals surface area (Å²) >= 11 is 0. The van der Waals surface area contributed by atoms with Crippen molar-refractivity contribution in [3.8, 4) is 0 Å². The molecule has 2 aromatic carbocycles. The zero-order valence-corrected chi connectivity index (χ0v) is 21.5. The topological polar surface area (TPSA) is 60.9 Å². The Balaban J connectivity index is 1.30. The fourth-order valence-electron chi connectivity index (χ4n) is 5.86. The van der Waals surface area contributed by atoms with Gasteiger partial charge in [-0.05, 0) is 93.3 Å². The van der Waals surface area contributed by atoms with Crippen molar-refractivity contribution in [2.24, 2.45) is 11.8 Å². The second kappa shape index (κ2) is 10.3. The third-order valence-corrected chi connectivity index (χ3v) is 9.74. The molecule has 0 saturated carbocycles. The van der Waals surface area contributed by atoms with Gasteiger partial charge in [0.05, 0.1) is 10.6 Å². The molecule has 0 spiro atoms. The van der Waals surface area contributed by atoms with Crippen molar-refractivity contribution < 1.29 is 13.2 Å². The minimum atomic E-state index is -3.74.